The van der Waals surface area contributed by atoms with Gasteiger partial charge in [-0.2, -0.15) is 0 Å². The van der Waals surface area contributed by atoms with Crippen molar-refractivity contribution >= 4 is 34.2 Å². The van der Waals surface area contributed by atoms with Crippen molar-refractivity contribution in [3.05, 3.63) is 89.1 Å². The third-order valence-electron chi connectivity index (χ3n) is 5.67. The number of carbonyl (C=O) groups excluding carboxylic acids is 1. The lowest BCUT2D eigenvalue weighted by Crippen LogP contribution is -2.35. The van der Waals surface area contributed by atoms with E-state index in [2.05, 4.69) is 20.2 Å². The van der Waals surface area contributed by atoms with Crippen LogP contribution in [0, 0.1) is 0 Å². The first-order valence-corrected chi connectivity index (χ1v) is 11.3. The lowest BCUT2D eigenvalue weighted by Gasteiger charge is -2.26. The summed E-state index contributed by atoms with van der Waals surface area (Å²) < 4.78 is 5.40. The average molecular weight is 459 g/mol. The molecule has 0 bridgehead atoms. The first-order chi connectivity index (χ1) is 16.2. The topological polar surface area (TPSA) is 67.4 Å². The van der Waals surface area contributed by atoms with Gasteiger partial charge >= 0.3 is 0 Å². The van der Waals surface area contributed by atoms with Crippen LogP contribution in [0.15, 0.2) is 72.9 Å². The molecule has 1 aromatic heterocycles. The molecule has 5 rings (SSSR count). The predicted octanol–water partition coefficient (Wildman–Crippen LogP) is 5.03. The molecule has 3 aromatic carbocycles. The summed E-state index contributed by atoms with van der Waals surface area (Å²) in [6.07, 6.45) is 1.70. The number of carbonyl (C=O) groups is 1. The van der Waals surface area contributed by atoms with Crippen LogP contribution in [0.4, 0.5) is 5.69 Å². The molecule has 6 nitrogen and oxygen atoms in total. The standard InChI is InChI=1S/C26H23ClN4O2/c27-22-10-9-20(15-21(22)25-16-28-23-3-1-2-4-24(23)30-25)29-26(32)19-7-5-18(6-8-19)17-31-11-13-33-14-12-31/h1-10,15-16H,11-14,17H2,(H,29,32). The van der Waals surface area contributed by atoms with Gasteiger partial charge in [-0.3, -0.25) is 14.7 Å². The minimum Gasteiger partial charge on any atom is -0.379 e. The van der Waals surface area contributed by atoms with Crippen LogP contribution in [0.3, 0.4) is 0 Å². The molecule has 1 saturated heterocycles. The number of amides is 1. The normalized spacial score (nSPS) is 14.3. The zero-order chi connectivity index (χ0) is 22.6. The Hall–Kier alpha value is -3.32. The summed E-state index contributed by atoms with van der Waals surface area (Å²) in [7, 11) is 0. The summed E-state index contributed by atoms with van der Waals surface area (Å²) in [5.74, 6) is -0.175. The van der Waals surface area contributed by atoms with Crippen LogP contribution in [-0.2, 0) is 11.3 Å². The number of morpholine rings is 1. The van der Waals surface area contributed by atoms with E-state index in [1.54, 1.807) is 18.3 Å². The molecule has 166 valence electrons. The van der Waals surface area contributed by atoms with E-state index < -0.39 is 0 Å². The zero-order valence-electron chi connectivity index (χ0n) is 18.0. The fourth-order valence-electron chi connectivity index (χ4n) is 3.87. The maximum atomic E-state index is 12.8. The van der Waals surface area contributed by atoms with Crippen LogP contribution in [0.1, 0.15) is 15.9 Å². The Bertz CT molecular complexity index is 1290. The fourth-order valence-corrected chi connectivity index (χ4v) is 4.08. The average Bonchev–Trinajstić information content (AvgIpc) is 2.86. The Morgan fingerprint density at radius 2 is 1.76 bits per heavy atom. The lowest BCUT2D eigenvalue weighted by molar-refractivity contribution is 0.0342. The lowest BCUT2D eigenvalue weighted by atomic mass is 10.1. The van der Waals surface area contributed by atoms with E-state index in [9.17, 15) is 4.79 Å². The number of ether oxygens (including phenoxy) is 1. The van der Waals surface area contributed by atoms with Gasteiger partial charge in [-0.05, 0) is 48.0 Å². The van der Waals surface area contributed by atoms with Gasteiger partial charge in [0.15, 0.2) is 0 Å². The van der Waals surface area contributed by atoms with Gasteiger partial charge in [0.25, 0.3) is 5.91 Å². The van der Waals surface area contributed by atoms with Crippen molar-refractivity contribution in [2.75, 3.05) is 31.6 Å². The van der Waals surface area contributed by atoms with Crippen LogP contribution in [0.5, 0.6) is 0 Å². The molecule has 7 heteroatoms. The van der Waals surface area contributed by atoms with Crippen LogP contribution < -0.4 is 5.32 Å². The van der Waals surface area contributed by atoms with E-state index in [0.29, 0.717) is 27.5 Å². The highest BCUT2D eigenvalue weighted by Crippen LogP contribution is 2.30. The summed E-state index contributed by atoms with van der Waals surface area (Å²) in [6.45, 7) is 4.27. The zero-order valence-corrected chi connectivity index (χ0v) is 18.8. The van der Waals surface area contributed by atoms with Crippen LogP contribution in [0.25, 0.3) is 22.3 Å². The molecular formula is C26H23ClN4O2. The van der Waals surface area contributed by atoms with Crippen molar-refractivity contribution in [1.82, 2.24) is 14.9 Å². The number of halogens is 1. The van der Waals surface area contributed by atoms with E-state index in [1.807, 2.05) is 54.6 Å². The number of nitrogens with zero attached hydrogens (tertiary/aromatic N) is 3. The molecule has 1 aliphatic rings. The first-order valence-electron chi connectivity index (χ1n) is 10.9. The molecule has 1 fully saturated rings. The second-order valence-corrected chi connectivity index (χ2v) is 8.39. The number of aromatic nitrogens is 2. The molecule has 0 radical (unpaired) electrons. The number of nitrogens with one attached hydrogen (secondary N) is 1. The van der Waals surface area contributed by atoms with E-state index in [-0.39, 0.29) is 5.91 Å². The number of benzene rings is 3. The summed E-state index contributed by atoms with van der Waals surface area (Å²) in [5.41, 5.74) is 5.40. The van der Waals surface area contributed by atoms with Gasteiger partial charge < -0.3 is 10.1 Å². The Morgan fingerprint density at radius 1 is 1.00 bits per heavy atom. The number of rotatable bonds is 5. The van der Waals surface area contributed by atoms with Gasteiger partial charge in [0.2, 0.25) is 0 Å². The van der Waals surface area contributed by atoms with Gasteiger partial charge in [-0.1, -0.05) is 35.9 Å². The van der Waals surface area contributed by atoms with Crippen LogP contribution >= 0.6 is 11.6 Å². The van der Waals surface area contributed by atoms with Gasteiger partial charge in [0.1, 0.15) is 0 Å². The number of hydrogen-bond donors (Lipinski definition) is 1. The van der Waals surface area contributed by atoms with Crippen molar-refractivity contribution in [1.29, 1.82) is 0 Å². The number of hydrogen-bond acceptors (Lipinski definition) is 5. The summed E-state index contributed by atoms with van der Waals surface area (Å²) in [5, 5.41) is 3.51. The SMILES string of the molecule is O=C(Nc1ccc(Cl)c(-c2cnc3ccccc3n2)c1)c1ccc(CN2CCOCC2)cc1. The van der Waals surface area contributed by atoms with Crippen molar-refractivity contribution in [3.63, 3.8) is 0 Å². The molecule has 1 N–H and O–H groups in total. The van der Waals surface area contributed by atoms with Crippen LogP contribution in [0.2, 0.25) is 5.02 Å². The van der Waals surface area contributed by atoms with E-state index in [0.717, 1.165) is 43.9 Å². The minimum absolute atomic E-state index is 0.175. The highest BCUT2D eigenvalue weighted by molar-refractivity contribution is 6.33. The summed E-state index contributed by atoms with van der Waals surface area (Å²) in [6, 6.07) is 20.8. The molecule has 0 atom stereocenters. The number of para-hydroxylation sites is 2. The second kappa shape index (κ2) is 9.67. The number of fused-ring (bicyclic) bond motifs is 1. The molecule has 1 amide bonds. The highest BCUT2D eigenvalue weighted by atomic mass is 35.5. The quantitative estimate of drug-likeness (QED) is 0.454. The summed E-state index contributed by atoms with van der Waals surface area (Å²) in [4.78, 5) is 24.3. The number of anilines is 1. The maximum Gasteiger partial charge on any atom is 0.255 e. The Labute approximate surface area is 197 Å². The Morgan fingerprint density at radius 3 is 2.55 bits per heavy atom. The van der Waals surface area contributed by atoms with Crippen molar-refractivity contribution < 1.29 is 9.53 Å². The molecular weight excluding hydrogens is 436 g/mol. The maximum absolute atomic E-state index is 12.8. The largest absolute Gasteiger partial charge is 0.379 e. The van der Waals surface area contributed by atoms with Gasteiger partial charge in [-0.25, -0.2) is 4.98 Å². The second-order valence-electron chi connectivity index (χ2n) is 7.98. The van der Waals surface area contributed by atoms with Crippen molar-refractivity contribution in [2.45, 2.75) is 6.54 Å². The minimum atomic E-state index is -0.175. The Kier molecular flexibility index (Phi) is 6.30. The predicted molar refractivity (Wildman–Crippen MR) is 130 cm³/mol. The van der Waals surface area contributed by atoms with E-state index >= 15 is 0 Å². The first kappa shape index (κ1) is 21.5. The molecule has 4 aromatic rings. The van der Waals surface area contributed by atoms with Gasteiger partial charge in [0.05, 0.1) is 41.2 Å². The monoisotopic (exact) mass is 458 g/mol. The van der Waals surface area contributed by atoms with Gasteiger partial charge in [0, 0.05) is 36.4 Å². The molecule has 1 aliphatic heterocycles. The Balaban J connectivity index is 1.31. The molecule has 0 unspecified atom stereocenters. The molecule has 33 heavy (non-hydrogen) atoms. The smallest absolute Gasteiger partial charge is 0.255 e. The van der Waals surface area contributed by atoms with Gasteiger partial charge in [-0.15, -0.1) is 0 Å². The highest BCUT2D eigenvalue weighted by Gasteiger charge is 2.13. The molecule has 0 aliphatic carbocycles. The van der Waals surface area contributed by atoms with E-state index in [4.69, 9.17) is 16.3 Å². The van der Waals surface area contributed by atoms with Crippen molar-refractivity contribution in [2.24, 2.45) is 0 Å². The molecule has 2 heterocycles. The summed E-state index contributed by atoms with van der Waals surface area (Å²) >= 11 is 6.44. The third kappa shape index (κ3) is 5.03. The van der Waals surface area contributed by atoms with Crippen molar-refractivity contribution in [3.8, 4) is 11.3 Å². The molecule has 0 saturated carbocycles. The van der Waals surface area contributed by atoms with E-state index in [1.165, 1.54) is 5.56 Å². The fraction of sp³-hybridized carbons (Fsp3) is 0.192. The third-order valence-corrected chi connectivity index (χ3v) is 6.00. The van der Waals surface area contributed by atoms with Crippen LogP contribution in [-0.4, -0.2) is 47.1 Å². The molecule has 0 spiro atoms.